The number of hydrogen-bond acceptors (Lipinski definition) is 6. The Hall–Kier alpha value is -4.27. The monoisotopic (exact) mass is 805 g/mol. The minimum absolute atomic E-state index is 0.00818. The standard InChI is InChI=1S/C50H77NO7/c1-6-8-10-12-14-16-18-20-22-23-24-25-27-29-31-33-35-37-39-41-49(53)58-46(44-56-43-42-47(50(54)55)51(3,4)5)45-57-48(52)40-38-36-34-32-30-28-26-21-19-17-15-13-11-9-7-2/h8-11,14-17,20-22,24-26,29-32,35,37,46-47H,6-7,12-13,18-19,23,27-28,33-34,36,38-45H2,1-5H3/p+1/b10-8-,11-9-,16-14-,17-15-,22-20-,25-24-,26-21-,31-29-,32-30-,37-35-. The number of likely N-dealkylation sites (N-methyl/N-ethyl adjacent to an activating group) is 1. The van der Waals surface area contributed by atoms with Crippen LogP contribution in [0.4, 0.5) is 0 Å². The minimum atomic E-state index is -0.899. The van der Waals surface area contributed by atoms with Gasteiger partial charge in [0.05, 0.1) is 34.4 Å². The number of carbonyl (C=O) groups is 3. The number of nitrogens with zero attached hydrogens (tertiary/aromatic N) is 1. The van der Waals surface area contributed by atoms with Crippen molar-refractivity contribution in [2.75, 3.05) is 41.0 Å². The minimum Gasteiger partial charge on any atom is -0.477 e. The predicted molar refractivity (Wildman–Crippen MR) is 242 cm³/mol. The number of unbranched alkanes of at least 4 members (excludes halogenated alkanes) is 2. The molecule has 0 saturated heterocycles. The van der Waals surface area contributed by atoms with Gasteiger partial charge in [0.1, 0.15) is 6.61 Å². The van der Waals surface area contributed by atoms with Crippen LogP contribution in [-0.2, 0) is 28.6 Å². The molecule has 1 N–H and O–H groups in total. The summed E-state index contributed by atoms with van der Waals surface area (Å²) in [6, 6.07) is -0.642. The lowest BCUT2D eigenvalue weighted by atomic mass is 10.1. The van der Waals surface area contributed by atoms with Crippen molar-refractivity contribution in [1.82, 2.24) is 0 Å². The number of carboxylic acid groups (broad SMARTS) is 1. The van der Waals surface area contributed by atoms with Gasteiger partial charge in [-0.3, -0.25) is 9.59 Å². The maximum Gasteiger partial charge on any atom is 0.362 e. The molecule has 0 saturated carbocycles. The number of carboxylic acids is 1. The van der Waals surface area contributed by atoms with Gasteiger partial charge in [0.2, 0.25) is 0 Å². The molecule has 58 heavy (non-hydrogen) atoms. The van der Waals surface area contributed by atoms with Crippen molar-refractivity contribution in [3.63, 3.8) is 0 Å². The Bertz CT molecular complexity index is 1350. The van der Waals surface area contributed by atoms with E-state index in [1.165, 1.54) is 0 Å². The van der Waals surface area contributed by atoms with Crippen molar-refractivity contribution in [3.8, 4) is 0 Å². The van der Waals surface area contributed by atoms with Crippen molar-refractivity contribution in [2.45, 2.75) is 135 Å². The van der Waals surface area contributed by atoms with Crippen LogP contribution < -0.4 is 0 Å². The van der Waals surface area contributed by atoms with Crippen molar-refractivity contribution in [2.24, 2.45) is 0 Å². The third-order valence-corrected chi connectivity index (χ3v) is 8.62. The fraction of sp³-hybridized carbons (Fsp3) is 0.540. The topological polar surface area (TPSA) is 99.1 Å². The quantitative estimate of drug-likeness (QED) is 0.0291. The molecule has 0 aliphatic carbocycles. The van der Waals surface area contributed by atoms with Gasteiger partial charge in [-0.25, -0.2) is 4.79 Å². The highest BCUT2D eigenvalue weighted by atomic mass is 16.6. The Morgan fingerprint density at radius 1 is 0.517 bits per heavy atom. The van der Waals surface area contributed by atoms with Gasteiger partial charge < -0.3 is 23.8 Å². The second kappa shape index (κ2) is 39.6. The summed E-state index contributed by atoms with van der Waals surface area (Å²) in [4.78, 5) is 36.9. The number of rotatable bonds is 36. The number of hydrogen-bond donors (Lipinski definition) is 1. The van der Waals surface area contributed by atoms with E-state index in [9.17, 15) is 19.5 Å². The van der Waals surface area contributed by atoms with Crippen molar-refractivity contribution >= 4 is 17.9 Å². The van der Waals surface area contributed by atoms with Crippen LogP contribution in [0.2, 0.25) is 0 Å². The first-order chi connectivity index (χ1) is 28.1. The number of quaternary nitrogens is 1. The largest absolute Gasteiger partial charge is 0.477 e. The molecular weight excluding hydrogens is 727 g/mol. The van der Waals surface area contributed by atoms with Gasteiger partial charge in [-0.05, 0) is 89.9 Å². The SMILES string of the molecule is CC/C=C\C/C=C\C/C=C\C/C=C\C/C=C\C/C=C\CCC(=O)OC(COCCC(C(=O)O)[N+](C)(C)C)COC(=O)CCCC/C=C\C/C=C\C/C=C\C/C=C\CC. The van der Waals surface area contributed by atoms with E-state index in [1.807, 2.05) is 33.3 Å². The number of allylic oxidation sites excluding steroid dienone is 20. The van der Waals surface area contributed by atoms with Crippen molar-refractivity contribution in [3.05, 3.63) is 122 Å². The number of esters is 2. The van der Waals surface area contributed by atoms with E-state index in [-0.39, 0.29) is 43.1 Å². The van der Waals surface area contributed by atoms with Crippen LogP contribution in [0.1, 0.15) is 123 Å². The molecule has 8 nitrogen and oxygen atoms in total. The molecule has 0 heterocycles. The molecule has 2 atom stereocenters. The Morgan fingerprint density at radius 2 is 0.931 bits per heavy atom. The maximum absolute atomic E-state index is 12.7. The normalized spacial score (nSPS) is 14.2. The lowest BCUT2D eigenvalue weighted by molar-refractivity contribution is -0.887. The molecule has 0 aliphatic heterocycles. The summed E-state index contributed by atoms with van der Waals surface area (Å²) in [5.74, 6) is -1.65. The zero-order valence-electron chi connectivity index (χ0n) is 36.7. The lowest BCUT2D eigenvalue weighted by Crippen LogP contribution is -2.50. The van der Waals surface area contributed by atoms with E-state index in [2.05, 4.69) is 123 Å². The highest BCUT2D eigenvalue weighted by Crippen LogP contribution is 2.10. The first kappa shape index (κ1) is 53.7. The van der Waals surface area contributed by atoms with E-state index in [4.69, 9.17) is 14.2 Å². The molecule has 0 amide bonds. The average Bonchev–Trinajstić information content (AvgIpc) is 3.18. The third-order valence-electron chi connectivity index (χ3n) is 8.62. The summed E-state index contributed by atoms with van der Waals surface area (Å²) in [6.07, 6.45) is 55.5. The first-order valence-electron chi connectivity index (χ1n) is 21.6. The Kier molecular flexibility index (Phi) is 36.6. The summed E-state index contributed by atoms with van der Waals surface area (Å²) in [7, 11) is 5.47. The summed E-state index contributed by atoms with van der Waals surface area (Å²) >= 11 is 0. The summed E-state index contributed by atoms with van der Waals surface area (Å²) in [5, 5.41) is 9.61. The second-order valence-corrected chi connectivity index (χ2v) is 14.8. The molecule has 324 valence electrons. The van der Waals surface area contributed by atoms with E-state index < -0.39 is 24.1 Å². The molecule has 8 heteroatoms. The van der Waals surface area contributed by atoms with Gasteiger partial charge in [-0.15, -0.1) is 0 Å². The molecular formula is C50H78NO7+. The lowest BCUT2D eigenvalue weighted by Gasteiger charge is -2.31. The van der Waals surface area contributed by atoms with Gasteiger partial charge in [0, 0.05) is 19.3 Å². The Balaban J connectivity index is 4.59. The highest BCUT2D eigenvalue weighted by molar-refractivity contribution is 5.72. The van der Waals surface area contributed by atoms with Gasteiger partial charge in [0.25, 0.3) is 0 Å². The first-order valence-corrected chi connectivity index (χ1v) is 21.6. The Morgan fingerprint density at radius 3 is 1.34 bits per heavy atom. The summed E-state index contributed by atoms with van der Waals surface area (Å²) < 4.78 is 17.1. The Labute approximate surface area is 352 Å². The number of carbonyl (C=O) groups excluding carboxylic acids is 2. The van der Waals surface area contributed by atoms with E-state index >= 15 is 0 Å². The summed E-state index contributed by atoms with van der Waals surface area (Å²) in [6.45, 7) is 4.34. The fourth-order valence-electron chi connectivity index (χ4n) is 5.34. The van der Waals surface area contributed by atoms with Crippen LogP contribution in [0, 0.1) is 0 Å². The molecule has 0 aromatic heterocycles. The van der Waals surface area contributed by atoms with Gasteiger partial charge in [0.15, 0.2) is 12.1 Å². The molecule has 0 fully saturated rings. The predicted octanol–water partition coefficient (Wildman–Crippen LogP) is 11.9. The molecule has 0 spiro atoms. The molecule has 0 aromatic carbocycles. The second-order valence-electron chi connectivity index (χ2n) is 14.8. The molecule has 0 aromatic rings. The number of aliphatic carboxylic acids is 1. The van der Waals surface area contributed by atoms with E-state index in [0.29, 0.717) is 19.3 Å². The van der Waals surface area contributed by atoms with Crippen LogP contribution in [0.25, 0.3) is 0 Å². The van der Waals surface area contributed by atoms with Gasteiger partial charge in [-0.2, -0.15) is 0 Å². The van der Waals surface area contributed by atoms with Crippen LogP contribution >= 0.6 is 0 Å². The molecule has 0 bridgehead atoms. The summed E-state index contributed by atoms with van der Waals surface area (Å²) in [5.41, 5.74) is 0. The number of ether oxygens (including phenoxy) is 3. The van der Waals surface area contributed by atoms with Crippen LogP contribution in [-0.4, -0.2) is 80.6 Å². The van der Waals surface area contributed by atoms with Crippen molar-refractivity contribution in [1.29, 1.82) is 0 Å². The highest BCUT2D eigenvalue weighted by Gasteiger charge is 2.31. The van der Waals surface area contributed by atoms with Gasteiger partial charge >= 0.3 is 17.9 Å². The van der Waals surface area contributed by atoms with E-state index in [0.717, 1.165) is 77.0 Å². The van der Waals surface area contributed by atoms with Crippen LogP contribution in [0.15, 0.2) is 122 Å². The zero-order valence-corrected chi connectivity index (χ0v) is 36.7. The molecule has 0 rings (SSSR count). The average molecular weight is 805 g/mol. The van der Waals surface area contributed by atoms with Crippen LogP contribution in [0.5, 0.6) is 0 Å². The molecule has 0 aliphatic rings. The molecule has 2 unspecified atom stereocenters. The van der Waals surface area contributed by atoms with Gasteiger partial charge in [-0.1, -0.05) is 135 Å². The van der Waals surface area contributed by atoms with E-state index in [1.54, 1.807) is 0 Å². The third kappa shape index (κ3) is 37.3. The molecule has 0 radical (unpaired) electrons. The fourth-order valence-corrected chi connectivity index (χ4v) is 5.34. The van der Waals surface area contributed by atoms with Crippen LogP contribution in [0.3, 0.4) is 0 Å². The maximum atomic E-state index is 12.7. The zero-order chi connectivity index (χ0) is 42.8. The smallest absolute Gasteiger partial charge is 0.362 e. The van der Waals surface area contributed by atoms with Crippen molar-refractivity contribution < 1.29 is 38.2 Å².